The minimum absolute atomic E-state index is 0.252. The normalized spacial score (nSPS) is 10.8. The largest absolute Gasteiger partial charge is 0.489 e. The predicted octanol–water partition coefficient (Wildman–Crippen LogP) is 4.40. The summed E-state index contributed by atoms with van der Waals surface area (Å²) in [6.07, 6.45) is 1.63. The number of hydrogen-bond donors (Lipinski definition) is 1. The topological polar surface area (TPSA) is 50.7 Å². The number of aryl methyl sites for hydroxylation is 1. The fourth-order valence-corrected chi connectivity index (χ4v) is 2.72. The van der Waals surface area contributed by atoms with Gasteiger partial charge in [-0.1, -0.05) is 35.9 Å². The highest BCUT2D eigenvalue weighted by molar-refractivity contribution is 7.11. The molecule has 0 aliphatic rings. The first kappa shape index (κ1) is 16.9. The van der Waals surface area contributed by atoms with Gasteiger partial charge in [-0.3, -0.25) is 4.79 Å². The number of nitrogens with zero attached hydrogens (tertiary/aromatic N) is 1. The van der Waals surface area contributed by atoms with Crippen LogP contribution < -0.4 is 10.2 Å². The molecule has 1 aromatic heterocycles. The molecular weight excluding hydrogens is 332 g/mol. The van der Waals surface area contributed by atoms with Gasteiger partial charge in [-0.15, -0.1) is 11.3 Å². The highest BCUT2D eigenvalue weighted by Crippen LogP contribution is 2.14. The number of benzene rings is 2. The third-order valence-electron chi connectivity index (χ3n) is 3.54. The van der Waals surface area contributed by atoms with Gasteiger partial charge >= 0.3 is 0 Å². The zero-order valence-corrected chi connectivity index (χ0v) is 14.6. The molecule has 0 radical (unpaired) electrons. The number of ether oxygens (including phenoxy) is 1. The van der Waals surface area contributed by atoms with Crippen molar-refractivity contribution in [2.75, 3.05) is 0 Å². The van der Waals surface area contributed by atoms with Crippen molar-refractivity contribution in [1.29, 1.82) is 0 Å². The van der Waals surface area contributed by atoms with Crippen LogP contribution in [0.15, 0.2) is 71.1 Å². The number of amides is 1. The molecule has 0 fully saturated rings. The molecular formula is C20H18N2O2S. The molecule has 0 aliphatic heterocycles. The van der Waals surface area contributed by atoms with E-state index in [2.05, 4.69) is 29.6 Å². The first-order chi connectivity index (χ1) is 12.2. The summed E-state index contributed by atoms with van der Waals surface area (Å²) in [4.78, 5) is 13.0. The molecule has 3 aromatic rings. The highest BCUT2D eigenvalue weighted by Gasteiger charge is 2.04. The summed E-state index contributed by atoms with van der Waals surface area (Å²) in [6.45, 7) is 2.55. The molecule has 0 saturated carbocycles. The SMILES string of the molecule is Cc1ccc(COc2ccc(C(=O)N/N=C\c3cccs3)cc2)cc1. The molecule has 0 unspecified atom stereocenters. The summed E-state index contributed by atoms with van der Waals surface area (Å²) < 4.78 is 5.74. The zero-order valence-electron chi connectivity index (χ0n) is 13.8. The van der Waals surface area contributed by atoms with Crippen LogP contribution in [0, 0.1) is 6.92 Å². The van der Waals surface area contributed by atoms with Crippen LogP contribution in [0.5, 0.6) is 5.75 Å². The van der Waals surface area contributed by atoms with Crippen molar-refractivity contribution in [1.82, 2.24) is 5.43 Å². The zero-order chi connectivity index (χ0) is 17.5. The summed E-state index contributed by atoms with van der Waals surface area (Å²) in [6, 6.07) is 19.1. The highest BCUT2D eigenvalue weighted by atomic mass is 32.1. The molecule has 3 rings (SSSR count). The monoisotopic (exact) mass is 350 g/mol. The molecule has 25 heavy (non-hydrogen) atoms. The molecule has 1 N–H and O–H groups in total. The van der Waals surface area contributed by atoms with E-state index in [0.29, 0.717) is 12.2 Å². The summed E-state index contributed by atoms with van der Waals surface area (Å²) in [5.41, 5.74) is 5.38. The first-order valence-corrected chi connectivity index (χ1v) is 8.74. The second-order valence-electron chi connectivity index (χ2n) is 5.51. The van der Waals surface area contributed by atoms with E-state index < -0.39 is 0 Å². The number of hydrazone groups is 1. The summed E-state index contributed by atoms with van der Waals surface area (Å²) in [5, 5.41) is 5.91. The van der Waals surface area contributed by atoms with Crippen molar-refractivity contribution in [2.24, 2.45) is 5.10 Å². The summed E-state index contributed by atoms with van der Waals surface area (Å²) in [7, 11) is 0. The van der Waals surface area contributed by atoms with Crippen molar-refractivity contribution in [3.05, 3.63) is 87.6 Å². The van der Waals surface area contributed by atoms with E-state index in [1.165, 1.54) is 5.56 Å². The smallest absolute Gasteiger partial charge is 0.271 e. The van der Waals surface area contributed by atoms with Gasteiger partial charge in [0.2, 0.25) is 0 Å². The van der Waals surface area contributed by atoms with Crippen LogP contribution in [-0.4, -0.2) is 12.1 Å². The Kier molecular flexibility index (Phi) is 5.59. The molecule has 1 heterocycles. The second-order valence-corrected chi connectivity index (χ2v) is 6.49. The minimum Gasteiger partial charge on any atom is -0.489 e. The minimum atomic E-state index is -0.252. The summed E-state index contributed by atoms with van der Waals surface area (Å²) in [5.74, 6) is 0.470. The molecule has 2 aromatic carbocycles. The Hall–Kier alpha value is -2.92. The molecule has 4 nitrogen and oxygen atoms in total. The quantitative estimate of drug-likeness (QED) is 0.529. The molecule has 0 bridgehead atoms. The average Bonchev–Trinajstić information content (AvgIpc) is 3.15. The van der Waals surface area contributed by atoms with Crippen LogP contribution in [-0.2, 0) is 6.61 Å². The lowest BCUT2D eigenvalue weighted by molar-refractivity contribution is 0.0955. The van der Waals surface area contributed by atoms with Crippen LogP contribution in [0.1, 0.15) is 26.4 Å². The lowest BCUT2D eigenvalue weighted by Gasteiger charge is -2.07. The number of hydrogen-bond acceptors (Lipinski definition) is 4. The van der Waals surface area contributed by atoms with Gasteiger partial charge in [0.15, 0.2) is 0 Å². The van der Waals surface area contributed by atoms with Crippen molar-refractivity contribution >= 4 is 23.5 Å². The van der Waals surface area contributed by atoms with E-state index in [4.69, 9.17) is 4.74 Å². The van der Waals surface area contributed by atoms with Crippen molar-refractivity contribution in [3.63, 3.8) is 0 Å². The maximum atomic E-state index is 12.0. The van der Waals surface area contributed by atoms with E-state index in [1.807, 2.05) is 29.6 Å². The Morgan fingerprint density at radius 1 is 1.12 bits per heavy atom. The van der Waals surface area contributed by atoms with Crippen molar-refractivity contribution < 1.29 is 9.53 Å². The third-order valence-corrected chi connectivity index (χ3v) is 4.35. The summed E-state index contributed by atoms with van der Waals surface area (Å²) >= 11 is 1.56. The maximum absolute atomic E-state index is 12.0. The van der Waals surface area contributed by atoms with Gasteiger partial charge in [-0.25, -0.2) is 5.43 Å². The molecule has 0 atom stereocenters. The van der Waals surface area contributed by atoms with E-state index in [-0.39, 0.29) is 5.91 Å². The standard InChI is InChI=1S/C20H18N2O2S/c1-15-4-6-16(7-5-15)14-24-18-10-8-17(9-11-18)20(23)22-21-13-19-3-2-12-25-19/h2-13H,14H2,1H3,(H,22,23)/b21-13-. The molecule has 1 amide bonds. The van der Waals surface area contributed by atoms with Gasteiger partial charge in [0.1, 0.15) is 12.4 Å². The Labute approximate surface area is 150 Å². The second kappa shape index (κ2) is 8.26. The Morgan fingerprint density at radius 3 is 2.56 bits per heavy atom. The number of carbonyl (C=O) groups excluding carboxylic acids is 1. The Bertz CT molecular complexity index is 838. The predicted molar refractivity (Wildman–Crippen MR) is 101 cm³/mol. The Morgan fingerprint density at radius 2 is 1.88 bits per heavy atom. The van der Waals surface area contributed by atoms with Crippen LogP contribution >= 0.6 is 11.3 Å². The third kappa shape index (κ3) is 5.02. The van der Waals surface area contributed by atoms with E-state index in [0.717, 1.165) is 16.2 Å². The Balaban J connectivity index is 1.52. The number of thiophene rings is 1. The van der Waals surface area contributed by atoms with E-state index in [9.17, 15) is 4.79 Å². The van der Waals surface area contributed by atoms with Gasteiger partial charge in [-0.2, -0.15) is 5.10 Å². The van der Waals surface area contributed by atoms with Gasteiger partial charge in [0.05, 0.1) is 6.21 Å². The van der Waals surface area contributed by atoms with Gasteiger partial charge < -0.3 is 4.74 Å². The molecule has 5 heteroatoms. The van der Waals surface area contributed by atoms with E-state index in [1.54, 1.807) is 41.8 Å². The van der Waals surface area contributed by atoms with Crippen LogP contribution in [0.2, 0.25) is 0 Å². The van der Waals surface area contributed by atoms with Crippen molar-refractivity contribution in [3.8, 4) is 5.75 Å². The van der Waals surface area contributed by atoms with Crippen LogP contribution in [0.4, 0.5) is 0 Å². The fraction of sp³-hybridized carbons (Fsp3) is 0.100. The molecule has 126 valence electrons. The lowest BCUT2D eigenvalue weighted by atomic mass is 10.2. The van der Waals surface area contributed by atoms with E-state index >= 15 is 0 Å². The van der Waals surface area contributed by atoms with Gasteiger partial charge in [-0.05, 0) is 48.2 Å². The number of carbonyl (C=O) groups is 1. The lowest BCUT2D eigenvalue weighted by Crippen LogP contribution is -2.17. The van der Waals surface area contributed by atoms with Crippen LogP contribution in [0.25, 0.3) is 0 Å². The number of nitrogens with one attached hydrogen (secondary N) is 1. The van der Waals surface area contributed by atoms with Gasteiger partial charge in [0.25, 0.3) is 5.91 Å². The van der Waals surface area contributed by atoms with Crippen molar-refractivity contribution in [2.45, 2.75) is 13.5 Å². The maximum Gasteiger partial charge on any atom is 0.271 e. The first-order valence-electron chi connectivity index (χ1n) is 7.86. The molecule has 0 aliphatic carbocycles. The molecule has 0 spiro atoms. The van der Waals surface area contributed by atoms with Gasteiger partial charge in [0, 0.05) is 10.4 Å². The molecule has 0 saturated heterocycles. The van der Waals surface area contributed by atoms with Crippen LogP contribution in [0.3, 0.4) is 0 Å². The number of rotatable bonds is 6. The average molecular weight is 350 g/mol. The fourth-order valence-electron chi connectivity index (χ4n) is 2.14.